The first-order valence-corrected chi connectivity index (χ1v) is 7.63. The Bertz CT molecular complexity index is 1060. The lowest BCUT2D eigenvalue weighted by Gasteiger charge is -2.16. The van der Waals surface area contributed by atoms with Crippen LogP contribution in [0.2, 0.25) is 0 Å². The van der Waals surface area contributed by atoms with E-state index in [1.165, 1.54) is 6.08 Å². The number of ether oxygens (including phenoxy) is 2. The van der Waals surface area contributed by atoms with E-state index >= 15 is 0 Å². The van der Waals surface area contributed by atoms with E-state index in [9.17, 15) is 9.90 Å². The smallest absolute Gasteiger partial charge is 0.231 e. The fourth-order valence-corrected chi connectivity index (χ4v) is 3.36. The minimum atomic E-state index is -0.330. The SMILES string of the molecule is O=C1C(O)=Cc2cc(-c3ccc4c(c3)OCO4)cc3cccc1c23. The molecule has 3 aromatic carbocycles. The van der Waals surface area contributed by atoms with Crippen LogP contribution in [0.25, 0.3) is 28.0 Å². The van der Waals surface area contributed by atoms with Crippen LogP contribution in [0.3, 0.4) is 0 Å². The second-order valence-electron chi connectivity index (χ2n) is 5.90. The number of aliphatic hydroxyl groups is 1. The zero-order chi connectivity index (χ0) is 16.3. The molecular weight excluding hydrogens is 304 g/mol. The predicted molar refractivity (Wildman–Crippen MR) is 90.4 cm³/mol. The predicted octanol–water partition coefficient (Wildman–Crippen LogP) is 4.33. The summed E-state index contributed by atoms with van der Waals surface area (Å²) in [7, 11) is 0. The van der Waals surface area contributed by atoms with Crippen LogP contribution in [-0.4, -0.2) is 17.7 Å². The van der Waals surface area contributed by atoms with Gasteiger partial charge in [0.2, 0.25) is 12.6 Å². The number of benzene rings is 3. The van der Waals surface area contributed by atoms with Gasteiger partial charge < -0.3 is 14.6 Å². The van der Waals surface area contributed by atoms with Gasteiger partial charge in [-0.3, -0.25) is 4.79 Å². The summed E-state index contributed by atoms with van der Waals surface area (Å²) in [6.45, 7) is 0.240. The van der Waals surface area contributed by atoms with E-state index < -0.39 is 0 Å². The van der Waals surface area contributed by atoms with Crippen molar-refractivity contribution in [1.29, 1.82) is 0 Å². The molecular formula is C20H12O4. The highest BCUT2D eigenvalue weighted by Gasteiger charge is 2.22. The molecule has 0 radical (unpaired) electrons. The van der Waals surface area contributed by atoms with Crippen molar-refractivity contribution in [2.45, 2.75) is 0 Å². The van der Waals surface area contributed by atoms with Gasteiger partial charge in [0.15, 0.2) is 17.3 Å². The molecule has 0 atom stereocenters. The number of ketones is 1. The highest BCUT2D eigenvalue weighted by molar-refractivity contribution is 6.22. The topological polar surface area (TPSA) is 55.8 Å². The van der Waals surface area contributed by atoms with Crippen LogP contribution in [0.4, 0.5) is 0 Å². The van der Waals surface area contributed by atoms with Crippen LogP contribution in [0.15, 0.2) is 54.3 Å². The van der Waals surface area contributed by atoms with Gasteiger partial charge in [-0.15, -0.1) is 0 Å². The lowest BCUT2D eigenvalue weighted by atomic mass is 9.88. The molecule has 4 nitrogen and oxygen atoms in total. The van der Waals surface area contributed by atoms with Gasteiger partial charge in [-0.2, -0.15) is 0 Å². The average Bonchev–Trinajstić information content (AvgIpc) is 3.07. The van der Waals surface area contributed by atoms with Crippen LogP contribution in [0.1, 0.15) is 15.9 Å². The molecule has 1 aliphatic carbocycles. The molecule has 0 saturated carbocycles. The summed E-state index contributed by atoms with van der Waals surface area (Å²) in [5.74, 6) is 0.914. The fraction of sp³-hybridized carbons (Fsp3) is 0.0500. The zero-order valence-electron chi connectivity index (χ0n) is 12.6. The summed E-state index contributed by atoms with van der Waals surface area (Å²) in [4.78, 5) is 12.1. The molecule has 0 saturated heterocycles. The summed E-state index contributed by atoms with van der Waals surface area (Å²) in [5, 5.41) is 11.8. The van der Waals surface area contributed by atoms with Gasteiger partial charge in [-0.05, 0) is 52.4 Å². The van der Waals surface area contributed by atoms with E-state index in [4.69, 9.17) is 9.47 Å². The van der Waals surface area contributed by atoms with Crippen LogP contribution < -0.4 is 9.47 Å². The molecule has 0 unspecified atom stereocenters. The Balaban J connectivity index is 1.76. The van der Waals surface area contributed by atoms with E-state index in [0.717, 1.165) is 39.0 Å². The minimum Gasteiger partial charge on any atom is -0.504 e. The summed E-state index contributed by atoms with van der Waals surface area (Å²) >= 11 is 0. The largest absolute Gasteiger partial charge is 0.504 e. The molecule has 1 N–H and O–H groups in total. The summed E-state index contributed by atoms with van der Waals surface area (Å²) in [5.41, 5.74) is 3.37. The van der Waals surface area contributed by atoms with E-state index in [-0.39, 0.29) is 18.3 Å². The Morgan fingerprint density at radius 1 is 0.917 bits per heavy atom. The normalized spacial score (nSPS) is 14.8. The number of fused-ring (bicyclic) bond motifs is 1. The number of carbonyl (C=O) groups is 1. The number of hydrogen-bond donors (Lipinski definition) is 1. The van der Waals surface area contributed by atoms with Crippen LogP contribution >= 0.6 is 0 Å². The highest BCUT2D eigenvalue weighted by atomic mass is 16.7. The second kappa shape index (κ2) is 4.61. The molecule has 4 heteroatoms. The van der Waals surface area contributed by atoms with Crippen molar-refractivity contribution in [1.82, 2.24) is 0 Å². The molecule has 0 spiro atoms. The Morgan fingerprint density at radius 2 is 1.79 bits per heavy atom. The lowest BCUT2D eigenvalue weighted by Crippen LogP contribution is -2.08. The molecule has 2 aliphatic rings. The molecule has 116 valence electrons. The van der Waals surface area contributed by atoms with Crippen LogP contribution in [0.5, 0.6) is 11.5 Å². The van der Waals surface area contributed by atoms with Gasteiger partial charge in [0, 0.05) is 10.9 Å². The summed E-state index contributed by atoms with van der Waals surface area (Å²) in [6.07, 6.45) is 1.54. The van der Waals surface area contributed by atoms with Crippen molar-refractivity contribution in [2.24, 2.45) is 0 Å². The van der Waals surface area contributed by atoms with E-state index in [0.29, 0.717) is 5.56 Å². The van der Waals surface area contributed by atoms with E-state index in [2.05, 4.69) is 0 Å². The third kappa shape index (κ3) is 1.77. The van der Waals surface area contributed by atoms with Gasteiger partial charge in [0.05, 0.1) is 0 Å². The zero-order valence-corrected chi connectivity index (χ0v) is 12.6. The van der Waals surface area contributed by atoms with Gasteiger partial charge >= 0.3 is 0 Å². The van der Waals surface area contributed by atoms with E-state index in [1.54, 1.807) is 6.07 Å². The molecule has 0 aromatic heterocycles. The average molecular weight is 316 g/mol. The Labute approximate surface area is 137 Å². The number of allylic oxidation sites excluding steroid dienone is 1. The standard InChI is InChI=1S/C20H12O4/c21-16-8-14-7-13(11-4-5-17-18(9-11)24-10-23-17)6-12-2-1-3-15(19(12)14)20(16)22/h1-9,21H,10H2. The molecule has 1 aliphatic heterocycles. The van der Waals surface area contributed by atoms with Crippen molar-refractivity contribution in [2.75, 3.05) is 6.79 Å². The maximum Gasteiger partial charge on any atom is 0.231 e. The van der Waals surface area contributed by atoms with Gasteiger partial charge in [-0.1, -0.05) is 24.3 Å². The Morgan fingerprint density at radius 3 is 2.71 bits per heavy atom. The first-order valence-electron chi connectivity index (χ1n) is 7.63. The fourth-order valence-electron chi connectivity index (χ4n) is 3.36. The maximum absolute atomic E-state index is 12.1. The molecule has 0 bridgehead atoms. The molecule has 24 heavy (non-hydrogen) atoms. The molecule has 0 fully saturated rings. The van der Waals surface area contributed by atoms with Gasteiger partial charge in [-0.25, -0.2) is 0 Å². The number of rotatable bonds is 1. The Kier molecular flexibility index (Phi) is 2.54. The number of carbonyl (C=O) groups excluding carboxylic acids is 1. The van der Waals surface area contributed by atoms with Crippen molar-refractivity contribution >= 4 is 22.6 Å². The monoisotopic (exact) mass is 316 g/mol. The summed E-state index contributed by atoms with van der Waals surface area (Å²) in [6, 6.07) is 15.4. The molecule has 1 heterocycles. The third-order valence-electron chi connectivity index (χ3n) is 4.48. The number of hydrogen-bond acceptors (Lipinski definition) is 4. The van der Waals surface area contributed by atoms with Crippen molar-refractivity contribution in [3.8, 4) is 22.6 Å². The number of aliphatic hydroxyl groups excluding tert-OH is 1. The highest BCUT2D eigenvalue weighted by Crippen LogP contribution is 2.39. The molecule has 5 rings (SSSR count). The number of Topliss-reactive ketones (excluding diaryl/α,β-unsaturated/α-hetero) is 1. The van der Waals surface area contributed by atoms with Gasteiger partial charge in [0.1, 0.15) is 0 Å². The second-order valence-corrected chi connectivity index (χ2v) is 5.90. The summed E-state index contributed by atoms with van der Waals surface area (Å²) < 4.78 is 10.8. The third-order valence-corrected chi connectivity index (χ3v) is 4.48. The first kappa shape index (κ1) is 13.2. The lowest BCUT2D eigenvalue weighted by molar-refractivity contribution is 0.0981. The van der Waals surface area contributed by atoms with Crippen molar-refractivity contribution < 1.29 is 19.4 Å². The van der Waals surface area contributed by atoms with Crippen molar-refractivity contribution in [3.63, 3.8) is 0 Å². The quantitative estimate of drug-likeness (QED) is 0.726. The molecule has 0 amide bonds. The first-order chi connectivity index (χ1) is 11.7. The molecule has 3 aromatic rings. The maximum atomic E-state index is 12.1. The minimum absolute atomic E-state index is 0.224. The van der Waals surface area contributed by atoms with Gasteiger partial charge in [0.25, 0.3) is 0 Å². The van der Waals surface area contributed by atoms with Crippen LogP contribution in [-0.2, 0) is 0 Å². The van der Waals surface area contributed by atoms with Crippen LogP contribution in [0, 0.1) is 0 Å². The van der Waals surface area contributed by atoms with Crippen molar-refractivity contribution in [3.05, 3.63) is 65.4 Å². The Hall–Kier alpha value is -3.27. The van der Waals surface area contributed by atoms with E-state index in [1.807, 2.05) is 42.5 Å².